The largest absolute Gasteiger partial charge is 0.311 e. The second kappa shape index (κ2) is 6.16. The minimum absolute atomic E-state index is 0.158. The van der Waals surface area contributed by atoms with Crippen molar-refractivity contribution in [1.29, 1.82) is 0 Å². The van der Waals surface area contributed by atoms with Gasteiger partial charge in [-0.3, -0.25) is 9.89 Å². The number of carbonyl (C=O) groups is 1. The highest BCUT2D eigenvalue weighted by Crippen LogP contribution is 2.39. The molecule has 25 heavy (non-hydrogen) atoms. The van der Waals surface area contributed by atoms with Gasteiger partial charge in [-0.05, 0) is 49.6 Å². The number of nitrogens with zero attached hydrogens (tertiary/aromatic N) is 3. The number of benzene rings is 1. The first kappa shape index (κ1) is 15.6. The zero-order valence-electron chi connectivity index (χ0n) is 13.8. The molecule has 1 fully saturated rings. The Bertz CT molecular complexity index is 925. The molecule has 1 aliphatic rings. The molecule has 128 valence electrons. The highest BCUT2D eigenvalue weighted by molar-refractivity contribution is 5.91. The van der Waals surface area contributed by atoms with E-state index in [-0.39, 0.29) is 18.1 Å². The van der Waals surface area contributed by atoms with Gasteiger partial charge in [-0.1, -0.05) is 0 Å². The van der Waals surface area contributed by atoms with E-state index in [1.165, 1.54) is 18.9 Å². The Morgan fingerprint density at radius 1 is 1.36 bits per heavy atom. The van der Waals surface area contributed by atoms with Crippen LogP contribution in [0.5, 0.6) is 0 Å². The highest BCUT2D eigenvalue weighted by atomic mass is 19.1. The molecule has 1 aromatic carbocycles. The smallest absolute Gasteiger partial charge is 0.231 e. The minimum atomic E-state index is -0.249. The third kappa shape index (κ3) is 3.45. The van der Waals surface area contributed by atoms with Crippen LogP contribution in [-0.4, -0.2) is 25.9 Å². The monoisotopic (exact) mass is 339 g/mol. The summed E-state index contributed by atoms with van der Waals surface area (Å²) < 4.78 is 15.0. The SMILES string of the molecule is Cc1cc(-n2ccc(CC(=O)Nc3cc(C4CC4)n[nH]3)n2)ccc1F. The predicted molar refractivity (Wildman–Crippen MR) is 91.2 cm³/mol. The molecule has 0 aliphatic heterocycles. The van der Waals surface area contributed by atoms with Crippen LogP contribution < -0.4 is 5.32 Å². The number of hydrogen-bond donors (Lipinski definition) is 2. The van der Waals surface area contributed by atoms with Crippen LogP contribution in [-0.2, 0) is 11.2 Å². The van der Waals surface area contributed by atoms with Crippen LogP contribution in [0.2, 0.25) is 0 Å². The van der Waals surface area contributed by atoms with Crippen molar-refractivity contribution in [2.75, 3.05) is 5.32 Å². The minimum Gasteiger partial charge on any atom is -0.311 e. The number of aryl methyl sites for hydroxylation is 1. The summed E-state index contributed by atoms with van der Waals surface area (Å²) in [6.07, 6.45) is 4.25. The predicted octanol–water partition coefficient (Wildman–Crippen LogP) is 3.10. The van der Waals surface area contributed by atoms with Crippen molar-refractivity contribution in [3.8, 4) is 5.69 Å². The fraction of sp³-hybridized carbons (Fsp3) is 0.278. The molecule has 0 atom stereocenters. The molecule has 3 aromatic rings. The molecular formula is C18H18FN5O. The molecule has 2 N–H and O–H groups in total. The zero-order valence-corrected chi connectivity index (χ0v) is 13.8. The summed E-state index contributed by atoms with van der Waals surface area (Å²) in [6.45, 7) is 1.71. The molecule has 0 bridgehead atoms. The maximum Gasteiger partial charge on any atom is 0.231 e. The molecular weight excluding hydrogens is 321 g/mol. The molecule has 7 heteroatoms. The Hall–Kier alpha value is -2.96. The summed E-state index contributed by atoms with van der Waals surface area (Å²) in [6, 6.07) is 8.45. The first-order valence-corrected chi connectivity index (χ1v) is 8.25. The summed E-state index contributed by atoms with van der Waals surface area (Å²) in [4.78, 5) is 12.2. The van der Waals surface area contributed by atoms with Crippen molar-refractivity contribution >= 4 is 11.7 Å². The lowest BCUT2D eigenvalue weighted by atomic mass is 10.2. The number of nitrogens with one attached hydrogen (secondary N) is 2. The molecule has 1 amide bonds. The van der Waals surface area contributed by atoms with Crippen LogP contribution in [0.1, 0.15) is 35.7 Å². The van der Waals surface area contributed by atoms with Gasteiger partial charge in [-0.15, -0.1) is 0 Å². The average Bonchev–Trinajstić information content (AvgIpc) is 3.16. The fourth-order valence-corrected chi connectivity index (χ4v) is 2.72. The molecule has 0 spiro atoms. The Balaban J connectivity index is 1.41. The molecule has 0 unspecified atom stereocenters. The second-order valence-electron chi connectivity index (χ2n) is 6.39. The number of rotatable bonds is 5. The van der Waals surface area contributed by atoms with Crippen LogP contribution in [0.3, 0.4) is 0 Å². The number of aromatic nitrogens is 4. The summed E-state index contributed by atoms with van der Waals surface area (Å²) in [5.41, 5.74) is 2.96. The standard InChI is InChI=1S/C18H18FN5O/c1-11-8-14(4-5-15(11)19)24-7-6-13(23-24)9-18(25)20-17-10-16(21-22-17)12-2-3-12/h4-8,10,12H,2-3,9H2,1H3,(H2,20,21,22,25). The van der Waals surface area contributed by atoms with Crippen molar-refractivity contribution in [3.63, 3.8) is 0 Å². The lowest BCUT2D eigenvalue weighted by molar-refractivity contribution is -0.115. The van der Waals surface area contributed by atoms with Crippen molar-refractivity contribution in [1.82, 2.24) is 20.0 Å². The first-order valence-electron chi connectivity index (χ1n) is 8.25. The number of halogens is 1. The number of amides is 1. The molecule has 1 aliphatic carbocycles. The summed E-state index contributed by atoms with van der Waals surface area (Å²) in [7, 11) is 0. The van der Waals surface area contributed by atoms with E-state index in [0.29, 0.717) is 23.0 Å². The van der Waals surface area contributed by atoms with Gasteiger partial charge in [0.2, 0.25) is 5.91 Å². The maximum absolute atomic E-state index is 13.4. The van der Waals surface area contributed by atoms with E-state index in [1.54, 1.807) is 36.0 Å². The molecule has 2 aromatic heterocycles. The lowest BCUT2D eigenvalue weighted by Gasteiger charge is -2.03. The van der Waals surface area contributed by atoms with E-state index in [4.69, 9.17) is 0 Å². The topological polar surface area (TPSA) is 75.6 Å². The van der Waals surface area contributed by atoms with E-state index in [1.807, 2.05) is 6.07 Å². The molecule has 4 rings (SSSR count). The molecule has 0 saturated heterocycles. The Labute approximate surface area is 144 Å². The van der Waals surface area contributed by atoms with Crippen LogP contribution in [0.4, 0.5) is 10.2 Å². The quantitative estimate of drug-likeness (QED) is 0.750. The van der Waals surface area contributed by atoms with Crippen molar-refractivity contribution < 1.29 is 9.18 Å². The summed E-state index contributed by atoms with van der Waals surface area (Å²) in [5.74, 6) is 0.740. The normalized spacial score (nSPS) is 13.8. The fourth-order valence-electron chi connectivity index (χ4n) is 2.72. The average molecular weight is 339 g/mol. The third-order valence-corrected chi connectivity index (χ3v) is 4.26. The zero-order chi connectivity index (χ0) is 17.4. The Morgan fingerprint density at radius 2 is 2.20 bits per heavy atom. The van der Waals surface area contributed by atoms with E-state index >= 15 is 0 Å². The van der Waals surface area contributed by atoms with Gasteiger partial charge in [0.15, 0.2) is 0 Å². The van der Waals surface area contributed by atoms with Gasteiger partial charge in [0.25, 0.3) is 0 Å². The number of aromatic amines is 1. The second-order valence-corrected chi connectivity index (χ2v) is 6.39. The Kier molecular flexibility index (Phi) is 3.83. The first-order chi connectivity index (χ1) is 12.1. The third-order valence-electron chi connectivity index (χ3n) is 4.26. The van der Waals surface area contributed by atoms with E-state index in [0.717, 1.165) is 11.4 Å². The van der Waals surface area contributed by atoms with Crippen LogP contribution in [0, 0.1) is 12.7 Å². The van der Waals surface area contributed by atoms with Crippen LogP contribution in [0.25, 0.3) is 5.69 Å². The van der Waals surface area contributed by atoms with Crippen LogP contribution >= 0.6 is 0 Å². The summed E-state index contributed by atoms with van der Waals surface area (Å²) >= 11 is 0. The molecule has 2 heterocycles. The molecule has 6 nitrogen and oxygen atoms in total. The Morgan fingerprint density at radius 3 is 2.96 bits per heavy atom. The van der Waals surface area contributed by atoms with Gasteiger partial charge in [-0.25, -0.2) is 9.07 Å². The van der Waals surface area contributed by atoms with Gasteiger partial charge in [-0.2, -0.15) is 10.2 Å². The maximum atomic E-state index is 13.4. The van der Waals surface area contributed by atoms with E-state index in [9.17, 15) is 9.18 Å². The number of carbonyl (C=O) groups excluding carboxylic acids is 1. The van der Waals surface area contributed by atoms with Crippen molar-refractivity contribution in [3.05, 3.63) is 59.3 Å². The number of hydrogen-bond acceptors (Lipinski definition) is 3. The summed E-state index contributed by atoms with van der Waals surface area (Å²) in [5, 5.41) is 14.2. The number of anilines is 1. The van der Waals surface area contributed by atoms with E-state index < -0.39 is 0 Å². The van der Waals surface area contributed by atoms with Gasteiger partial charge in [0, 0.05) is 18.2 Å². The van der Waals surface area contributed by atoms with Gasteiger partial charge < -0.3 is 5.32 Å². The lowest BCUT2D eigenvalue weighted by Crippen LogP contribution is -2.15. The van der Waals surface area contributed by atoms with Crippen LogP contribution in [0.15, 0.2) is 36.5 Å². The molecule has 1 saturated carbocycles. The highest BCUT2D eigenvalue weighted by Gasteiger charge is 2.26. The number of H-pyrrole nitrogens is 1. The van der Waals surface area contributed by atoms with Crippen molar-refractivity contribution in [2.24, 2.45) is 0 Å². The van der Waals surface area contributed by atoms with Crippen molar-refractivity contribution in [2.45, 2.75) is 32.1 Å². The molecule has 0 radical (unpaired) electrons. The van der Waals surface area contributed by atoms with Gasteiger partial charge >= 0.3 is 0 Å². The van der Waals surface area contributed by atoms with Gasteiger partial charge in [0.1, 0.15) is 11.6 Å². The van der Waals surface area contributed by atoms with E-state index in [2.05, 4.69) is 20.6 Å². The van der Waals surface area contributed by atoms with Gasteiger partial charge in [0.05, 0.1) is 23.5 Å².